The first kappa shape index (κ1) is 14.0. The smallest absolute Gasteiger partial charge is 0.191 e. The van der Waals surface area contributed by atoms with Crippen LogP contribution in [-0.2, 0) is 18.8 Å². The Morgan fingerprint density at radius 2 is 2.00 bits per heavy atom. The highest BCUT2D eigenvalue weighted by molar-refractivity contribution is 7.98. The Hall–Kier alpha value is -1.40. The maximum absolute atomic E-state index is 12.8. The molecule has 2 N–H and O–H groups in total. The molecule has 0 radical (unpaired) electrons. The summed E-state index contributed by atoms with van der Waals surface area (Å²) < 4.78 is 14.9. The third-order valence-corrected chi connectivity index (χ3v) is 3.74. The summed E-state index contributed by atoms with van der Waals surface area (Å²) in [4.78, 5) is 0. The van der Waals surface area contributed by atoms with Crippen molar-refractivity contribution in [1.82, 2.24) is 14.8 Å². The number of hydrogen-bond acceptors (Lipinski definition) is 4. The van der Waals surface area contributed by atoms with Crippen LogP contribution >= 0.6 is 11.8 Å². The lowest BCUT2D eigenvalue weighted by Gasteiger charge is -2.07. The van der Waals surface area contributed by atoms with Crippen molar-refractivity contribution >= 4 is 11.8 Å². The fourth-order valence-electron chi connectivity index (χ4n) is 1.75. The zero-order chi connectivity index (χ0) is 13.7. The number of aromatic nitrogens is 3. The van der Waals surface area contributed by atoms with Gasteiger partial charge in [-0.25, -0.2) is 4.39 Å². The monoisotopic (exact) mass is 280 g/mol. The zero-order valence-corrected chi connectivity index (χ0v) is 11.7. The van der Waals surface area contributed by atoms with Crippen molar-refractivity contribution in [2.75, 3.05) is 0 Å². The summed E-state index contributed by atoms with van der Waals surface area (Å²) in [7, 11) is 0. The molecule has 0 saturated carbocycles. The highest BCUT2D eigenvalue weighted by atomic mass is 32.2. The van der Waals surface area contributed by atoms with Crippen molar-refractivity contribution in [2.45, 2.75) is 37.3 Å². The Morgan fingerprint density at radius 1 is 1.26 bits per heavy atom. The van der Waals surface area contributed by atoms with E-state index in [0.29, 0.717) is 6.54 Å². The van der Waals surface area contributed by atoms with E-state index in [0.717, 1.165) is 35.3 Å². The fraction of sp³-hybridized carbons (Fsp3) is 0.385. The Labute approximate surface area is 116 Å². The lowest BCUT2D eigenvalue weighted by molar-refractivity contribution is 0.592. The van der Waals surface area contributed by atoms with E-state index in [1.165, 1.54) is 12.1 Å². The summed E-state index contributed by atoms with van der Waals surface area (Å²) in [5.41, 5.74) is 6.71. The number of rotatable bonds is 6. The van der Waals surface area contributed by atoms with Crippen molar-refractivity contribution < 1.29 is 4.39 Å². The van der Waals surface area contributed by atoms with E-state index in [9.17, 15) is 4.39 Å². The molecule has 1 heterocycles. The molecular formula is C13H17FN4S. The van der Waals surface area contributed by atoms with E-state index >= 15 is 0 Å². The van der Waals surface area contributed by atoms with Gasteiger partial charge in [-0.05, 0) is 24.1 Å². The van der Waals surface area contributed by atoms with Gasteiger partial charge in [-0.3, -0.25) is 0 Å². The average Bonchev–Trinajstić information content (AvgIpc) is 2.81. The van der Waals surface area contributed by atoms with Gasteiger partial charge >= 0.3 is 0 Å². The van der Waals surface area contributed by atoms with Gasteiger partial charge in [-0.15, -0.1) is 10.2 Å². The Kier molecular flexibility index (Phi) is 4.93. The second-order valence-corrected chi connectivity index (χ2v) is 5.11. The van der Waals surface area contributed by atoms with Crippen molar-refractivity contribution in [1.29, 1.82) is 0 Å². The van der Waals surface area contributed by atoms with Crippen LogP contribution in [0, 0.1) is 5.82 Å². The minimum absolute atomic E-state index is 0.215. The molecule has 102 valence electrons. The van der Waals surface area contributed by atoms with E-state index in [4.69, 9.17) is 5.73 Å². The Morgan fingerprint density at radius 3 is 2.63 bits per heavy atom. The molecule has 0 amide bonds. The normalized spacial score (nSPS) is 10.9. The highest BCUT2D eigenvalue weighted by Gasteiger charge is 2.10. The summed E-state index contributed by atoms with van der Waals surface area (Å²) in [6, 6.07) is 6.51. The number of nitrogens with two attached hydrogens (primary N) is 1. The first-order valence-corrected chi connectivity index (χ1v) is 7.22. The maximum atomic E-state index is 12.8. The first-order valence-electron chi connectivity index (χ1n) is 6.24. The van der Waals surface area contributed by atoms with Crippen molar-refractivity contribution in [2.24, 2.45) is 5.73 Å². The number of halogens is 1. The molecule has 0 bridgehead atoms. The summed E-state index contributed by atoms with van der Waals surface area (Å²) in [5, 5.41) is 9.11. The molecule has 1 aromatic heterocycles. The topological polar surface area (TPSA) is 56.7 Å². The minimum Gasteiger partial charge on any atom is -0.324 e. The molecule has 6 heteroatoms. The van der Waals surface area contributed by atoms with Crippen LogP contribution in [0.3, 0.4) is 0 Å². The second-order valence-electron chi connectivity index (χ2n) is 4.17. The third kappa shape index (κ3) is 3.54. The molecular weight excluding hydrogens is 263 g/mol. The van der Waals surface area contributed by atoms with Gasteiger partial charge in [-0.2, -0.15) is 0 Å². The van der Waals surface area contributed by atoms with Crippen LogP contribution in [0.15, 0.2) is 29.4 Å². The van der Waals surface area contributed by atoms with Crippen LogP contribution in [0.1, 0.15) is 24.7 Å². The predicted octanol–water partition coefficient (Wildman–Crippen LogP) is 2.58. The lowest BCUT2D eigenvalue weighted by atomic mass is 10.2. The molecule has 0 unspecified atom stereocenters. The number of benzene rings is 1. The van der Waals surface area contributed by atoms with E-state index in [2.05, 4.69) is 17.1 Å². The summed E-state index contributed by atoms with van der Waals surface area (Å²) in [6.45, 7) is 3.37. The van der Waals surface area contributed by atoms with Crippen molar-refractivity contribution in [3.8, 4) is 0 Å². The summed E-state index contributed by atoms with van der Waals surface area (Å²) in [6.07, 6.45) is 1.01. The fourth-order valence-corrected chi connectivity index (χ4v) is 2.69. The van der Waals surface area contributed by atoms with Crippen LogP contribution in [0.5, 0.6) is 0 Å². The standard InChI is InChI=1S/C13H17FN4S/c1-2-7-18-12(8-15)16-17-13(18)19-9-10-3-5-11(14)6-4-10/h3-6H,2,7-9,15H2,1H3. The van der Waals surface area contributed by atoms with Gasteiger partial charge in [0.05, 0.1) is 6.54 Å². The minimum atomic E-state index is -0.215. The molecule has 0 aliphatic rings. The number of hydrogen-bond donors (Lipinski definition) is 1. The van der Waals surface area contributed by atoms with E-state index in [1.807, 2.05) is 4.57 Å². The maximum Gasteiger partial charge on any atom is 0.191 e. The van der Waals surface area contributed by atoms with Gasteiger partial charge in [0.25, 0.3) is 0 Å². The SMILES string of the molecule is CCCn1c(CN)nnc1SCc1ccc(F)cc1. The summed E-state index contributed by atoms with van der Waals surface area (Å²) >= 11 is 1.59. The molecule has 0 saturated heterocycles. The average molecular weight is 280 g/mol. The predicted molar refractivity (Wildman–Crippen MR) is 74.2 cm³/mol. The number of thioether (sulfide) groups is 1. The quantitative estimate of drug-likeness (QED) is 0.826. The van der Waals surface area contributed by atoms with Gasteiger partial charge in [0.2, 0.25) is 0 Å². The van der Waals surface area contributed by atoms with Gasteiger partial charge in [-0.1, -0.05) is 30.8 Å². The molecule has 0 aliphatic heterocycles. The number of nitrogens with zero attached hydrogens (tertiary/aromatic N) is 3. The van der Waals surface area contributed by atoms with Crippen LogP contribution < -0.4 is 5.73 Å². The molecule has 0 aliphatic carbocycles. The van der Waals surface area contributed by atoms with Crippen molar-refractivity contribution in [3.63, 3.8) is 0 Å². The van der Waals surface area contributed by atoms with Crippen molar-refractivity contribution in [3.05, 3.63) is 41.5 Å². The molecule has 19 heavy (non-hydrogen) atoms. The van der Waals surface area contributed by atoms with Gasteiger partial charge in [0.1, 0.15) is 11.6 Å². The van der Waals surface area contributed by atoms with Gasteiger partial charge < -0.3 is 10.3 Å². The molecule has 2 rings (SSSR count). The molecule has 0 fully saturated rings. The molecule has 2 aromatic rings. The van der Waals surface area contributed by atoms with Crippen LogP contribution in [-0.4, -0.2) is 14.8 Å². The molecule has 4 nitrogen and oxygen atoms in total. The third-order valence-electron chi connectivity index (χ3n) is 2.70. The molecule has 0 spiro atoms. The largest absolute Gasteiger partial charge is 0.324 e. The van der Waals surface area contributed by atoms with Crippen LogP contribution in [0.25, 0.3) is 0 Å². The Balaban J connectivity index is 2.06. The van der Waals surface area contributed by atoms with Crippen LogP contribution in [0.2, 0.25) is 0 Å². The summed E-state index contributed by atoms with van der Waals surface area (Å²) in [5.74, 6) is 1.34. The first-order chi connectivity index (χ1) is 9.24. The molecule has 0 atom stereocenters. The second kappa shape index (κ2) is 6.68. The Bertz CT molecular complexity index is 524. The van der Waals surface area contributed by atoms with E-state index < -0.39 is 0 Å². The zero-order valence-electron chi connectivity index (χ0n) is 10.8. The van der Waals surface area contributed by atoms with Gasteiger partial charge in [0.15, 0.2) is 5.16 Å². The van der Waals surface area contributed by atoms with E-state index in [1.54, 1.807) is 23.9 Å². The highest BCUT2D eigenvalue weighted by Crippen LogP contribution is 2.22. The van der Waals surface area contributed by atoms with Gasteiger partial charge in [0, 0.05) is 12.3 Å². The van der Waals surface area contributed by atoms with Crippen LogP contribution in [0.4, 0.5) is 4.39 Å². The van der Waals surface area contributed by atoms with E-state index in [-0.39, 0.29) is 5.82 Å². The molecule has 1 aromatic carbocycles. The lowest BCUT2D eigenvalue weighted by Crippen LogP contribution is -2.09.